The molecule has 0 bridgehead atoms. The van der Waals surface area contributed by atoms with Crippen LogP contribution in [0.5, 0.6) is 0 Å². The number of nitrogens with zero attached hydrogens (tertiary/aromatic N) is 2. The van der Waals surface area contributed by atoms with E-state index in [0.717, 1.165) is 11.3 Å². The largest absolute Gasteiger partial charge is 0.409 e. The van der Waals surface area contributed by atoms with Gasteiger partial charge in [-0.2, -0.15) is 0 Å². The number of aromatic nitrogens is 3. The molecule has 2 heterocycles. The van der Waals surface area contributed by atoms with Crippen molar-refractivity contribution in [2.75, 3.05) is 0 Å². The van der Waals surface area contributed by atoms with Crippen molar-refractivity contribution >= 4 is 12.2 Å². The number of aromatic amines is 1. The smallest absolute Gasteiger partial charge is 0.284 e. The van der Waals surface area contributed by atoms with Gasteiger partial charge in [-0.15, -0.1) is 5.10 Å². The molecule has 0 amide bonds. The van der Waals surface area contributed by atoms with Gasteiger partial charge in [-0.3, -0.25) is 0 Å². The zero-order chi connectivity index (χ0) is 11.7. The van der Waals surface area contributed by atoms with Crippen LogP contribution in [-0.4, -0.2) is 14.8 Å². The van der Waals surface area contributed by atoms with E-state index in [0.29, 0.717) is 5.89 Å². The highest BCUT2D eigenvalue weighted by atomic mass is 32.1. The maximum absolute atomic E-state index is 5.24. The van der Waals surface area contributed by atoms with E-state index >= 15 is 0 Å². The zero-order valence-corrected chi connectivity index (χ0v) is 9.65. The normalized spacial score (nSPS) is 10.6. The molecule has 2 aromatic heterocycles. The molecular weight excluding hydrogens is 234 g/mol. The standard InChI is InChI=1S/C12H9N3OS/c17-12-14-13-11(16-12)9-3-5-10(6-4-9)15-7-1-2-8-15/h1-8H,(H,14,17). The van der Waals surface area contributed by atoms with Gasteiger partial charge in [0.25, 0.3) is 4.84 Å². The molecule has 0 spiro atoms. The van der Waals surface area contributed by atoms with Gasteiger partial charge in [0.15, 0.2) is 0 Å². The van der Waals surface area contributed by atoms with Gasteiger partial charge in [-0.1, -0.05) is 0 Å². The second-order valence-corrected chi connectivity index (χ2v) is 3.93. The average Bonchev–Trinajstić information content (AvgIpc) is 3.00. The Labute approximate surface area is 103 Å². The Morgan fingerprint density at radius 3 is 2.41 bits per heavy atom. The van der Waals surface area contributed by atoms with Crippen molar-refractivity contribution in [3.05, 3.63) is 53.6 Å². The van der Waals surface area contributed by atoms with Crippen LogP contribution in [0.2, 0.25) is 0 Å². The first-order chi connectivity index (χ1) is 8.33. The highest BCUT2D eigenvalue weighted by Gasteiger charge is 2.03. The van der Waals surface area contributed by atoms with E-state index in [1.54, 1.807) is 0 Å². The van der Waals surface area contributed by atoms with Crippen molar-refractivity contribution in [2.45, 2.75) is 0 Å². The molecule has 1 N–H and O–H groups in total. The molecule has 0 aliphatic carbocycles. The predicted octanol–water partition coefficient (Wildman–Crippen LogP) is 3.19. The number of nitrogens with one attached hydrogen (secondary N) is 1. The summed E-state index contributed by atoms with van der Waals surface area (Å²) in [5.41, 5.74) is 1.99. The molecular formula is C12H9N3OS. The predicted molar refractivity (Wildman–Crippen MR) is 66.5 cm³/mol. The minimum atomic E-state index is 0.287. The molecule has 3 rings (SSSR count). The lowest BCUT2D eigenvalue weighted by Gasteiger charge is -2.02. The van der Waals surface area contributed by atoms with Gasteiger partial charge in [0.1, 0.15) is 0 Å². The van der Waals surface area contributed by atoms with Crippen molar-refractivity contribution in [2.24, 2.45) is 0 Å². The highest BCUT2D eigenvalue weighted by Crippen LogP contribution is 2.18. The molecule has 0 unspecified atom stereocenters. The lowest BCUT2D eigenvalue weighted by atomic mass is 10.2. The third-order valence-electron chi connectivity index (χ3n) is 2.45. The molecule has 0 saturated carbocycles. The van der Waals surface area contributed by atoms with Crippen LogP contribution in [0.1, 0.15) is 0 Å². The maximum Gasteiger partial charge on any atom is 0.284 e. The summed E-state index contributed by atoms with van der Waals surface area (Å²) in [6.07, 6.45) is 3.99. The first-order valence-corrected chi connectivity index (χ1v) is 5.53. The molecule has 17 heavy (non-hydrogen) atoms. The molecule has 5 heteroatoms. The lowest BCUT2D eigenvalue weighted by molar-refractivity contribution is 0.552. The molecule has 0 aliphatic heterocycles. The van der Waals surface area contributed by atoms with E-state index in [9.17, 15) is 0 Å². The molecule has 0 saturated heterocycles. The fourth-order valence-electron chi connectivity index (χ4n) is 1.64. The van der Waals surface area contributed by atoms with Crippen molar-refractivity contribution in [3.8, 4) is 17.1 Å². The highest BCUT2D eigenvalue weighted by molar-refractivity contribution is 7.71. The number of hydrogen-bond acceptors (Lipinski definition) is 3. The van der Waals surface area contributed by atoms with E-state index < -0.39 is 0 Å². The number of benzene rings is 1. The van der Waals surface area contributed by atoms with Gasteiger partial charge in [0.2, 0.25) is 5.89 Å². The van der Waals surface area contributed by atoms with E-state index in [2.05, 4.69) is 10.2 Å². The molecule has 0 atom stereocenters. The molecule has 84 valence electrons. The Morgan fingerprint density at radius 1 is 1.12 bits per heavy atom. The Bertz CT molecular complexity index is 664. The van der Waals surface area contributed by atoms with Gasteiger partial charge in [0.05, 0.1) is 0 Å². The fraction of sp³-hybridized carbons (Fsp3) is 0. The van der Waals surface area contributed by atoms with E-state index in [-0.39, 0.29) is 4.84 Å². The van der Waals surface area contributed by atoms with E-state index in [1.165, 1.54) is 0 Å². The number of H-pyrrole nitrogens is 1. The summed E-state index contributed by atoms with van der Waals surface area (Å²) in [4.78, 5) is 0.287. The third kappa shape index (κ3) is 1.92. The Hall–Kier alpha value is -2.14. The van der Waals surface area contributed by atoms with Crippen molar-refractivity contribution < 1.29 is 4.42 Å². The summed E-state index contributed by atoms with van der Waals surface area (Å²) in [6, 6.07) is 11.9. The van der Waals surface area contributed by atoms with Gasteiger partial charge < -0.3 is 8.98 Å². The van der Waals surface area contributed by atoms with Crippen LogP contribution >= 0.6 is 12.2 Å². The molecule has 3 aromatic rings. The number of hydrogen-bond donors (Lipinski definition) is 1. The van der Waals surface area contributed by atoms with Crippen LogP contribution in [0.4, 0.5) is 0 Å². The summed E-state index contributed by atoms with van der Waals surface area (Å²) in [7, 11) is 0. The molecule has 0 aliphatic rings. The summed E-state index contributed by atoms with van der Waals surface area (Å²) in [6.45, 7) is 0. The quantitative estimate of drug-likeness (QED) is 0.703. The molecule has 1 aromatic carbocycles. The maximum atomic E-state index is 5.24. The first-order valence-electron chi connectivity index (χ1n) is 5.12. The van der Waals surface area contributed by atoms with Crippen molar-refractivity contribution in [3.63, 3.8) is 0 Å². The second kappa shape index (κ2) is 4.03. The first kappa shape index (κ1) is 10.0. The Morgan fingerprint density at radius 2 is 1.82 bits per heavy atom. The van der Waals surface area contributed by atoms with Crippen molar-refractivity contribution in [1.29, 1.82) is 0 Å². The van der Waals surface area contributed by atoms with Gasteiger partial charge in [0, 0.05) is 23.6 Å². The molecule has 4 nitrogen and oxygen atoms in total. The SMILES string of the molecule is S=c1[nH]nc(-c2ccc(-n3cccc3)cc2)o1. The van der Waals surface area contributed by atoms with Gasteiger partial charge in [-0.05, 0) is 48.6 Å². The molecule has 0 fully saturated rings. The Balaban J connectivity index is 1.98. The van der Waals surface area contributed by atoms with Crippen LogP contribution in [0.15, 0.2) is 53.2 Å². The van der Waals surface area contributed by atoms with Crippen LogP contribution < -0.4 is 0 Å². The summed E-state index contributed by atoms with van der Waals surface area (Å²) in [5.74, 6) is 0.508. The van der Waals surface area contributed by atoms with Crippen LogP contribution in [-0.2, 0) is 0 Å². The number of rotatable bonds is 2. The third-order valence-corrected chi connectivity index (χ3v) is 2.63. The Kier molecular flexibility index (Phi) is 2.38. The van der Waals surface area contributed by atoms with Crippen LogP contribution in [0.3, 0.4) is 0 Å². The lowest BCUT2D eigenvalue weighted by Crippen LogP contribution is -1.88. The van der Waals surface area contributed by atoms with E-state index in [1.807, 2.05) is 53.4 Å². The summed E-state index contributed by atoms with van der Waals surface area (Å²) in [5, 5.41) is 6.58. The monoisotopic (exact) mass is 243 g/mol. The molecule has 0 radical (unpaired) electrons. The zero-order valence-electron chi connectivity index (χ0n) is 8.83. The fourth-order valence-corrected chi connectivity index (χ4v) is 1.76. The summed E-state index contributed by atoms with van der Waals surface area (Å²) < 4.78 is 7.27. The van der Waals surface area contributed by atoms with Crippen LogP contribution in [0.25, 0.3) is 17.1 Å². The van der Waals surface area contributed by atoms with Gasteiger partial charge >= 0.3 is 0 Å². The minimum absolute atomic E-state index is 0.287. The average molecular weight is 243 g/mol. The van der Waals surface area contributed by atoms with Crippen molar-refractivity contribution in [1.82, 2.24) is 14.8 Å². The van der Waals surface area contributed by atoms with E-state index in [4.69, 9.17) is 16.6 Å². The van der Waals surface area contributed by atoms with Crippen LogP contribution in [0, 0.1) is 4.84 Å². The minimum Gasteiger partial charge on any atom is -0.409 e. The second-order valence-electron chi connectivity index (χ2n) is 3.56. The van der Waals surface area contributed by atoms with Gasteiger partial charge in [-0.25, -0.2) is 5.10 Å². The topological polar surface area (TPSA) is 46.8 Å². The summed E-state index contributed by atoms with van der Waals surface area (Å²) >= 11 is 4.83.